The second-order valence-electron chi connectivity index (χ2n) is 10.7. The van der Waals surface area contributed by atoms with E-state index in [0.29, 0.717) is 36.7 Å². The Hall–Kier alpha value is -2.56. The van der Waals surface area contributed by atoms with Crippen LogP contribution in [0.5, 0.6) is 0 Å². The Morgan fingerprint density at radius 1 is 1.33 bits per heavy atom. The van der Waals surface area contributed by atoms with Crippen LogP contribution in [0.1, 0.15) is 38.3 Å². The van der Waals surface area contributed by atoms with Crippen LogP contribution in [0.25, 0.3) is 0 Å². The highest BCUT2D eigenvalue weighted by atomic mass is 28.4. The monoisotopic (exact) mass is 515 g/mol. The van der Waals surface area contributed by atoms with Crippen LogP contribution in [-0.4, -0.2) is 54.7 Å². The molecule has 1 aliphatic rings. The molecule has 0 amide bonds. The molecule has 1 fully saturated rings. The van der Waals surface area contributed by atoms with Crippen LogP contribution in [0.2, 0.25) is 18.1 Å². The highest BCUT2D eigenvalue weighted by Gasteiger charge is 2.37. The molecular weight excluding hydrogens is 480 g/mol. The minimum absolute atomic E-state index is 0.0364. The van der Waals surface area contributed by atoms with Crippen LogP contribution in [-0.2, 0) is 15.8 Å². The standard InChI is InChI=1S/C24H35BFN5O4Si/c1-15-12-28-23(31-22(15)30-20-14-34-8-7-16(20)11-27)29-18-9-17(21(25(32)33)19(26)10-18)13-35-36(5,6)24(2,3)4/h9-10,12,16,20,32-33H,7-8,13-14H2,1-6H3,(H2,28,29,30,31)/t16-,20+/m1/s1. The van der Waals surface area contributed by atoms with Gasteiger partial charge in [-0.05, 0) is 49.2 Å². The molecule has 2 atom stereocenters. The predicted octanol–water partition coefficient (Wildman–Crippen LogP) is 3.21. The molecule has 2 aromatic rings. The van der Waals surface area contributed by atoms with Gasteiger partial charge in [-0.3, -0.25) is 0 Å². The summed E-state index contributed by atoms with van der Waals surface area (Å²) in [5.74, 6) is -0.195. The van der Waals surface area contributed by atoms with Gasteiger partial charge in [-0.1, -0.05) is 20.8 Å². The Balaban J connectivity index is 1.85. The number of anilines is 3. The van der Waals surface area contributed by atoms with Crippen molar-refractivity contribution in [2.24, 2.45) is 5.92 Å². The quantitative estimate of drug-likeness (QED) is 0.391. The van der Waals surface area contributed by atoms with Gasteiger partial charge in [-0.15, -0.1) is 0 Å². The van der Waals surface area contributed by atoms with E-state index in [0.717, 1.165) is 5.56 Å². The lowest BCUT2D eigenvalue weighted by Crippen LogP contribution is -2.42. The van der Waals surface area contributed by atoms with Gasteiger partial charge >= 0.3 is 7.12 Å². The van der Waals surface area contributed by atoms with Gasteiger partial charge in [0.05, 0.1) is 31.2 Å². The van der Waals surface area contributed by atoms with Crippen molar-refractivity contribution in [3.63, 3.8) is 0 Å². The number of rotatable bonds is 8. The van der Waals surface area contributed by atoms with Crippen molar-refractivity contribution in [3.05, 3.63) is 35.3 Å². The summed E-state index contributed by atoms with van der Waals surface area (Å²) in [6.45, 7) is 13.3. The van der Waals surface area contributed by atoms with Gasteiger partial charge in [-0.25, -0.2) is 9.37 Å². The molecule has 2 heterocycles. The molecule has 1 aromatic carbocycles. The van der Waals surface area contributed by atoms with Gasteiger partial charge in [0, 0.05) is 29.5 Å². The first-order valence-electron chi connectivity index (χ1n) is 12.0. The van der Waals surface area contributed by atoms with Crippen LogP contribution in [0.3, 0.4) is 0 Å². The van der Waals surface area contributed by atoms with Gasteiger partial charge < -0.3 is 29.8 Å². The Bertz CT molecular complexity index is 1120. The highest BCUT2D eigenvalue weighted by Crippen LogP contribution is 2.37. The summed E-state index contributed by atoms with van der Waals surface area (Å²) in [5.41, 5.74) is 1.25. The Labute approximate surface area is 213 Å². The molecule has 0 saturated carbocycles. The van der Waals surface area contributed by atoms with Crippen LogP contribution >= 0.6 is 0 Å². The Kier molecular flexibility index (Phi) is 8.74. The van der Waals surface area contributed by atoms with Gasteiger partial charge in [-0.2, -0.15) is 10.2 Å². The molecule has 12 heteroatoms. The number of ether oxygens (including phenoxy) is 1. The second kappa shape index (κ2) is 11.2. The average Bonchev–Trinajstić information content (AvgIpc) is 2.79. The molecule has 36 heavy (non-hydrogen) atoms. The van der Waals surface area contributed by atoms with E-state index in [1.54, 1.807) is 12.3 Å². The number of halogens is 1. The number of nitrogens with one attached hydrogen (secondary N) is 2. The van der Waals surface area contributed by atoms with E-state index in [9.17, 15) is 19.7 Å². The van der Waals surface area contributed by atoms with E-state index >= 15 is 0 Å². The topological polar surface area (TPSA) is 133 Å². The summed E-state index contributed by atoms with van der Waals surface area (Å²) in [4.78, 5) is 8.82. The second-order valence-corrected chi connectivity index (χ2v) is 15.5. The fourth-order valence-electron chi connectivity index (χ4n) is 3.62. The maximum atomic E-state index is 15.0. The van der Waals surface area contributed by atoms with E-state index in [1.165, 1.54) is 6.07 Å². The zero-order chi connectivity index (χ0) is 26.7. The van der Waals surface area contributed by atoms with Gasteiger partial charge in [0.15, 0.2) is 8.32 Å². The zero-order valence-corrected chi connectivity index (χ0v) is 22.7. The van der Waals surface area contributed by atoms with Crippen LogP contribution in [0, 0.1) is 30.0 Å². The van der Waals surface area contributed by atoms with Crippen LogP contribution in [0.4, 0.5) is 21.8 Å². The minimum atomic E-state index is -2.17. The first-order valence-corrected chi connectivity index (χ1v) is 14.9. The maximum absolute atomic E-state index is 15.0. The molecule has 0 unspecified atom stereocenters. The Morgan fingerprint density at radius 3 is 2.69 bits per heavy atom. The lowest BCUT2D eigenvalue weighted by molar-refractivity contribution is 0.0698. The molecule has 3 rings (SSSR count). The number of benzene rings is 1. The summed E-state index contributed by atoms with van der Waals surface area (Å²) in [6, 6.07) is 4.89. The number of nitrogens with zero attached hydrogens (tertiary/aromatic N) is 3. The van der Waals surface area contributed by atoms with Crippen molar-refractivity contribution in [3.8, 4) is 6.07 Å². The normalized spacial score (nSPS) is 18.4. The molecule has 1 aromatic heterocycles. The molecule has 0 aliphatic carbocycles. The third-order valence-electron chi connectivity index (χ3n) is 6.94. The van der Waals surface area contributed by atoms with Crippen molar-refractivity contribution in [1.29, 1.82) is 5.26 Å². The number of aryl methyl sites for hydroxylation is 1. The highest BCUT2D eigenvalue weighted by molar-refractivity contribution is 6.74. The van der Waals surface area contributed by atoms with E-state index in [4.69, 9.17) is 9.16 Å². The summed E-state index contributed by atoms with van der Waals surface area (Å²) in [5, 5.41) is 35.3. The fraction of sp³-hybridized carbons (Fsp3) is 0.542. The third kappa shape index (κ3) is 6.60. The van der Waals surface area contributed by atoms with Crippen molar-refractivity contribution in [1.82, 2.24) is 9.97 Å². The average molecular weight is 515 g/mol. The first kappa shape index (κ1) is 28.0. The van der Waals surface area contributed by atoms with Gasteiger partial charge in [0.2, 0.25) is 5.95 Å². The summed E-state index contributed by atoms with van der Waals surface area (Å²) in [6.07, 6.45) is 2.28. The molecule has 4 N–H and O–H groups in total. The van der Waals surface area contributed by atoms with Gasteiger partial charge in [0.1, 0.15) is 11.6 Å². The molecule has 0 spiro atoms. The van der Waals surface area contributed by atoms with E-state index in [2.05, 4.69) is 60.5 Å². The SMILES string of the molecule is Cc1cnc(Nc2cc(F)c(B(O)O)c(CO[Si](C)(C)C(C)(C)C)c2)nc1N[C@H]1COCC[C@@H]1C#N. The molecule has 0 bridgehead atoms. The molecule has 0 radical (unpaired) electrons. The molecule has 1 aliphatic heterocycles. The van der Waals surface area contributed by atoms with Crippen molar-refractivity contribution >= 4 is 38.4 Å². The first-order chi connectivity index (χ1) is 16.8. The van der Waals surface area contributed by atoms with Crippen molar-refractivity contribution in [2.75, 3.05) is 23.8 Å². The predicted molar refractivity (Wildman–Crippen MR) is 140 cm³/mol. The lowest BCUT2D eigenvalue weighted by atomic mass is 9.76. The minimum Gasteiger partial charge on any atom is -0.423 e. The van der Waals surface area contributed by atoms with Crippen molar-refractivity contribution in [2.45, 2.75) is 64.9 Å². The molecule has 194 valence electrons. The van der Waals surface area contributed by atoms with Gasteiger partial charge in [0.25, 0.3) is 0 Å². The number of aromatic nitrogens is 2. The lowest BCUT2D eigenvalue weighted by Gasteiger charge is -2.36. The van der Waals surface area contributed by atoms with E-state index in [1.807, 2.05) is 6.92 Å². The number of hydrogen-bond donors (Lipinski definition) is 4. The molecule has 1 saturated heterocycles. The third-order valence-corrected chi connectivity index (χ3v) is 11.4. The number of hydrogen-bond acceptors (Lipinski definition) is 9. The van der Waals surface area contributed by atoms with E-state index < -0.39 is 21.3 Å². The maximum Gasteiger partial charge on any atom is 0.491 e. The Morgan fingerprint density at radius 2 is 2.06 bits per heavy atom. The van der Waals surface area contributed by atoms with Crippen LogP contribution in [0.15, 0.2) is 18.3 Å². The summed E-state index contributed by atoms with van der Waals surface area (Å²) < 4.78 is 26.7. The molecule has 9 nitrogen and oxygen atoms in total. The zero-order valence-electron chi connectivity index (χ0n) is 21.7. The largest absolute Gasteiger partial charge is 0.491 e. The molecular formula is C24H35BFN5O4Si. The van der Waals surface area contributed by atoms with Crippen LogP contribution < -0.4 is 16.1 Å². The fourth-order valence-corrected chi connectivity index (χ4v) is 4.57. The number of nitriles is 1. The summed E-state index contributed by atoms with van der Waals surface area (Å²) >= 11 is 0. The van der Waals surface area contributed by atoms with Crippen molar-refractivity contribution < 1.29 is 23.6 Å². The van der Waals surface area contributed by atoms with E-state index in [-0.39, 0.29) is 35.0 Å². The summed E-state index contributed by atoms with van der Waals surface area (Å²) in [7, 11) is -4.15. The smallest absolute Gasteiger partial charge is 0.423 e.